The van der Waals surface area contributed by atoms with E-state index >= 15 is 0 Å². The fraction of sp³-hybridized carbons (Fsp3) is 0. The Kier molecular flexibility index (Phi) is 4.28. The molecule has 0 atom stereocenters. The standard InChI is InChI=1S/C17H11N5OS2/c23-22-15(16-20-13(9-24-16)11-5-1-3-7-18-11)17-21-14(10-25-17)12-6-2-4-8-19-12/h1-10,23H. The van der Waals surface area contributed by atoms with Crippen LogP contribution in [0.15, 0.2) is 64.7 Å². The van der Waals surface area contributed by atoms with Gasteiger partial charge in [0.15, 0.2) is 5.71 Å². The lowest BCUT2D eigenvalue weighted by molar-refractivity contribution is 0.319. The van der Waals surface area contributed by atoms with E-state index in [9.17, 15) is 5.21 Å². The van der Waals surface area contributed by atoms with Crippen molar-refractivity contribution in [2.45, 2.75) is 0 Å². The largest absolute Gasteiger partial charge is 0.410 e. The maximum Gasteiger partial charge on any atom is 0.174 e. The summed E-state index contributed by atoms with van der Waals surface area (Å²) in [7, 11) is 0. The van der Waals surface area contributed by atoms with Gasteiger partial charge in [-0.25, -0.2) is 9.97 Å². The van der Waals surface area contributed by atoms with E-state index in [1.165, 1.54) is 22.7 Å². The Morgan fingerprint density at radius 1 is 0.760 bits per heavy atom. The van der Waals surface area contributed by atoms with E-state index in [4.69, 9.17) is 0 Å². The number of oxime groups is 1. The second-order valence-corrected chi connectivity index (χ2v) is 6.67. The second kappa shape index (κ2) is 6.88. The number of pyridine rings is 2. The number of thiazole rings is 2. The van der Waals surface area contributed by atoms with Gasteiger partial charge in [-0.15, -0.1) is 22.7 Å². The first-order valence-electron chi connectivity index (χ1n) is 7.32. The topological polar surface area (TPSA) is 84.2 Å². The fourth-order valence-corrected chi connectivity index (χ4v) is 3.86. The average Bonchev–Trinajstić information content (AvgIpc) is 3.35. The normalized spacial score (nSPS) is 10.6. The Labute approximate surface area is 151 Å². The van der Waals surface area contributed by atoms with Crippen molar-refractivity contribution in [1.29, 1.82) is 0 Å². The van der Waals surface area contributed by atoms with E-state index in [0.29, 0.717) is 15.7 Å². The predicted molar refractivity (Wildman–Crippen MR) is 98.1 cm³/mol. The Morgan fingerprint density at radius 2 is 1.28 bits per heavy atom. The highest BCUT2D eigenvalue weighted by Gasteiger charge is 2.18. The lowest BCUT2D eigenvalue weighted by Crippen LogP contribution is -2.02. The van der Waals surface area contributed by atoms with Gasteiger partial charge in [-0.2, -0.15) is 0 Å². The minimum absolute atomic E-state index is 0.347. The van der Waals surface area contributed by atoms with E-state index in [1.807, 2.05) is 47.2 Å². The Bertz CT molecular complexity index is 932. The van der Waals surface area contributed by atoms with E-state index < -0.39 is 0 Å². The van der Waals surface area contributed by atoms with Gasteiger partial charge >= 0.3 is 0 Å². The Morgan fingerprint density at radius 3 is 1.68 bits per heavy atom. The van der Waals surface area contributed by atoms with E-state index in [2.05, 4.69) is 25.1 Å². The monoisotopic (exact) mass is 365 g/mol. The van der Waals surface area contributed by atoms with Crippen LogP contribution in [0.3, 0.4) is 0 Å². The highest BCUT2D eigenvalue weighted by atomic mass is 32.1. The van der Waals surface area contributed by atoms with E-state index in [0.717, 1.165) is 22.8 Å². The van der Waals surface area contributed by atoms with Crippen molar-refractivity contribution in [2.24, 2.45) is 5.16 Å². The molecular weight excluding hydrogens is 354 g/mol. The van der Waals surface area contributed by atoms with Crippen LogP contribution >= 0.6 is 22.7 Å². The zero-order chi connectivity index (χ0) is 17.1. The number of aromatic nitrogens is 4. The lowest BCUT2D eigenvalue weighted by Gasteiger charge is -1.97. The number of hydrogen-bond donors (Lipinski definition) is 1. The van der Waals surface area contributed by atoms with Gasteiger partial charge in [0.2, 0.25) is 0 Å². The first kappa shape index (κ1) is 15.6. The minimum atomic E-state index is 0.347. The predicted octanol–water partition coefficient (Wildman–Crippen LogP) is 3.95. The molecule has 122 valence electrons. The summed E-state index contributed by atoms with van der Waals surface area (Å²) in [5.74, 6) is 0. The molecular formula is C17H11N5OS2. The molecule has 0 unspecified atom stereocenters. The molecule has 0 saturated carbocycles. The highest BCUT2D eigenvalue weighted by molar-refractivity contribution is 7.15. The smallest absolute Gasteiger partial charge is 0.174 e. The average molecular weight is 365 g/mol. The maximum atomic E-state index is 9.48. The molecule has 0 radical (unpaired) electrons. The van der Waals surface area contributed by atoms with Crippen molar-refractivity contribution in [3.05, 3.63) is 69.6 Å². The van der Waals surface area contributed by atoms with Gasteiger partial charge in [0.25, 0.3) is 0 Å². The maximum absolute atomic E-state index is 9.48. The summed E-state index contributed by atoms with van der Waals surface area (Å²) in [5, 5.41) is 17.8. The van der Waals surface area contributed by atoms with Crippen molar-refractivity contribution in [3.8, 4) is 22.8 Å². The molecule has 4 rings (SSSR count). The fourth-order valence-electron chi connectivity index (χ4n) is 2.21. The van der Waals surface area contributed by atoms with Crippen LogP contribution in [0.1, 0.15) is 10.0 Å². The molecule has 4 heterocycles. The van der Waals surface area contributed by atoms with Gasteiger partial charge in [-0.3, -0.25) is 9.97 Å². The Balaban J connectivity index is 1.66. The third kappa shape index (κ3) is 3.17. The van der Waals surface area contributed by atoms with Crippen LogP contribution in [0, 0.1) is 0 Å². The minimum Gasteiger partial charge on any atom is -0.410 e. The van der Waals surface area contributed by atoms with Crippen LogP contribution in [0.5, 0.6) is 0 Å². The van der Waals surface area contributed by atoms with Crippen molar-refractivity contribution >= 4 is 28.4 Å². The zero-order valence-electron chi connectivity index (χ0n) is 12.8. The summed E-state index contributed by atoms with van der Waals surface area (Å²) in [6.07, 6.45) is 3.44. The number of hydrogen-bond acceptors (Lipinski definition) is 8. The third-order valence-corrected chi connectivity index (χ3v) is 5.07. The van der Waals surface area contributed by atoms with Crippen LogP contribution in [0.2, 0.25) is 0 Å². The molecule has 25 heavy (non-hydrogen) atoms. The zero-order valence-corrected chi connectivity index (χ0v) is 14.4. The van der Waals surface area contributed by atoms with Gasteiger partial charge in [0, 0.05) is 23.2 Å². The van der Waals surface area contributed by atoms with Gasteiger partial charge < -0.3 is 5.21 Å². The second-order valence-electron chi connectivity index (χ2n) is 4.95. The molecule has 0 amide bonds. The van der Waals surface area contributed by atoms with Crippen LogP contribution < -0.4 is 0 Å². The van der Waals surface area contributed by atoms with Crippen LogP contribution in [-0.2, 0) is 0 Å². The molecule has 0 fully saturated rings. The lowest BCUT2D eigenvalue weighted by atomic mass is 10.3. The molecule has 0 aliphatic carbocycles. The van der Waals surface area contributed by atoms with Crippen LogP contribution in [0.4, 0.5) is 0 Å². The van der Waals surface area contributed by atoms with Crippen molar-refractivity contribution in [3.63, 3.8) is 0 Å². The molecule has 0 bridgehead atoms. The van der Waals surface area contributed by atoms with Crippen molar-refractivity contribution in [2.75, 3.05) is 0 Å². The molecule has 4 aromatic heterocycles. The molecule has 0 spiro atoms. The van der Waals surface area contributed by atoms with E-state index in [-0.39, 0.29) is 0 Å². The van der Waals surface area contributed by atoms with Crippen molar-refractivity contribution < 1.29 is 5.21 Å². The van der Waals surface area contributed by atoms with Crippen LogP contribution in [-0.4, -0.2) is 30.9 Å². The van der Waals surface area contributed by atoms with Gasteiger partial charge in [-0.05, 0) is 24.3 Å². The van der Waals surface area contributed by atoms with Gasteiger partial charge in [0.05, 0.1) is 11.4 Å². The van der Waals surface area contributed by atoms with Gasteiger partial charge in [0.1, 0.15) is 21.4 Å². The number of nitrogens with zero attached hydrogens (tertiary/aromatic N) is 5. The summed E-state index contributed by atoms with van der Waals surface area (Å²) >= 11 is 2.77. The summed E-state index contributed by atoms with van der Waals surface area (Å²) in [6, 6.07) is 11.3. The summed E-state index contributed by atoms with van der Waals surface area (Å²) < 4.78 is 0. The van der Waals surface area contributed by atoms with Crippen LogP contribution in [0.25, 0.3) is 22.8 Å². The molecule has 8 heteroatoms. The SMILES string of the molecule is ON=C(c1nc(-c2ccccn2)cs1)c1nc(-c2ccccn2)cs1. The van der Waals surface area contributed by atoms with Crippen molar-refractivity contribution in [1.82, 2.24) is 19.9 Å². The summed E-state index contributed by atoms with van der Waals surface area (Å²) in [6.45, 7) is 0. The molecule has 6 nitrogen and oxygen atoms in total. The molecule has 0 saturated heterocycles. The number of rotatable bonds is 4. The summed E-state index contributed by atoms with van der Waals surface area (Å²) in [5.41, 5.74) is 3.37. The quantitative estimate of drug-likeness (QED) is 0.336. The molecule has 4 aromatic rings. The third-order valence-electron chi connectivity index (χ3n) is 3.37. The summed E-state index contributed by atoms with van der Waals surface area (Å²) in [4.78, 5) is 17.6. The molecule has 1 N–H and O–H groups in total. The molecule has 0 aliphatic heterocycles. The van der Waals surface area contributed by atoms with Gasteiger partial charge in [-0.1, -0.05) is 17.3 Å². The Hall–Kier alpha value is -2.97. The first-order valence-corrected chi connectivity index (χ1v) is 9.08. The highest BCUT2D eigenvalue weighted by Crippen LogP contribution is 2.25. The van der Waals surface area contributed by atoms with E-state index in [1.54, 1.807) is 12.4 Å². The first-order chi connectivity index (χ1) is 12.3. The molecule has 0 aliphatic rings. The molecule has 0 aromatic carbocycles.